The molecule has 0 fully saturated rings. The van der Waals surface area contributed by atoms with E-state index in [0.29, 0.717) is 4.47 Å². The van der Waals surface area contributed by atoms with Crippen LogP contribution in [0.15, 0.2) is 22.7 Å². The largest absolute Gasteiger partial charge is 0.368 e. The molecule has 2 atom stereocenters. The second kappa shape index (κ2) is 6.29. The van der Waals surface area contributed by atoms with Crippen LogP contribution in [0.4, 0.5) is 4.39 Å². The number of rotatable bonds is 5. The van der Waals surface area contributed by atoms with Crippen molar-refractivity contribution in [2.45, 2.75) is 32.9 Å². The van der Waals surface area contributed by atoms with Gasteiger partial charge in [0, 0.05) is 6.04 Å². The van der Waals surface area contributed by atoms with Crippen molar-refractivity contribution in [3.63, 3.8) is 0 Å². The van der Waals surface area contributed by atoms with Gasteiger partial charge in [-0.2, -0.15) is 0 Å². The van der Waals surface area contributed by atoms with Gasteiger partial charge < -0.3 is 5.73 Å². The van der Waals surface area contributed by atoms with Crippen LogP contribution in [0.5, 0.6) is 0 Å². The lowest BCUT2D eigenvalue weighted by molar-refractivity contribution is -0.121. The maximum absolute atomic E-state index is 13.1. The number of nitrogens with two attached hydrogens (primary N) is 1. The molecule has 2 unspecified atom stereocenters. The highest BCUT2D eigenvalue weighted by atomic mass is 79.9. The standard InChI is InChI=1S/C13H18BrFN2O/c1-7(2)12(13(16)18)17-8(3)9-4-5-11(15)10(14)6-9/h4-8,12,17H,1-3H3,(H2,16,18). The average Bonchev–Trinajstić information content (AvgIpc) is 2.28. The summed E-state index contributed by atoms with van der Waals surface area (Å²) in [5.74, 6) is -0.576. The number of amides is 1. The molecule has 0 aliphatic rings. The summed E-state index contributed by atoms with van der Waals surface area (Å²) in [6.07, 6.45) is 0. The van der Waals surface area contributed by atoms with Gasteiger partial charge in [-0.05, 0) is 46.5 Å². The van der Waals surface area contributed by atoms with Crippen molar-refractivity contribution in [2.75, 3.05) is 0 Å². The summed E-state index contributed by atoms with van der Waals surface area (Å²) >= 11 is 3.14. The number of benzene rings is 1. The molecule has 1 aromatic rings. The fraction of sp³-hybridized carbons (Fsp3) is 0.462. The number of carbonyl (C=O) groups is 1. The van der Waals surface area contributed by atoms with Gasteiger partial charge in [-0.25, -0.2) is 4.39 Å². The average molecular weight is 317 g/mol. The fourth-order valence-corrected chi connectivity index (χ4v) is 2.15. The second-order valence-electron chi connectivity index (χ2n) is 4.69. The van der Waals surface area contributed by atoms with E-state index in [1.807, 2.05) is 20.8 Å². The molecular weight excluding hydrogens is 299 g/mol. The monoisotopic (exact) mass is 316 g/mol. The molecule has 0 aliphatic carbocycles. The van der Waals surface area contributed by atoms with Crippen molar-refractivity contribution in [1.29, 1.82) is 0 Å². The van der Waals surface area contributed by atoms with Gasteiger partial charge in [0.2, 0.25) is 5.91 Å². The Hall–Kier alpha value is -0.940. The van der Waals surface area contributed by atoms with Crippen LogP contribution in [0.2, 0.25) is 0 Å². The molecule has 0 aromatic heterocycles. The first-order valence-electron chi connectivity index (χ1n) is 5.83. The maximum atomic E-state index is 13.1. The Morgan fingerprint density at radius 3 is 2.44 bits per heavy atom. The molecule has 0 saturated heterocycles. The lowest BCUT2D eigenvalue weighted by atomic mass is 10.0. The quantitative estimate of drug-likeness (QED) is 0.877. The first kappa shape index (κ1) is 15.1. The Morgan fingerprint density at radius 1 is 1.39 bits per heavy atom. The highest BCUT2D eigenvalue weighted by molar-refractivity contribution is 9.10. The van der Waals surface area contributed by atoms with Gasteiger partial charge in [0.1, 0.15) is 5.82 Å². The van der Waals surface area contributed by atoms with E-state index in [-0.39, 0.29) is 23.7 Å². The van der Waals surface area contributed by atoms with Gasteiger partial charge in [0.15, 0.2) is 0 Å². The minimum absolute atomic E-state index is 0.0817. The number of halogens is 2. The number of carbonyl (C=O) groups excluding carboxylic acids is 1. The molecule has 3 N–H and O–H groups in total. The number of hydrogen-bond donors (Lipinski definition) is 2. The van der Waals surface area contributed by atoms with Crippen LogP contribution in [-0.2, 0) is 4.79 Å². The predicted octanol–water partition coefficient (Wildman–Crippen LogP) is 2.75. The molecule has 0 spiro atoms. The molecule has 0 bridgehead atoms. The van der Waals surface area contributed by atoms with Gasteiger partial charge in [0.25, 0.3) is 0 Å². The summed E-state index contributed by atoms with van der Waals surface area (Å²) in [5.41, 5.74) is 6.25. The van der Waals surface area contributed by atoms with Crippen LogP contribution in [0.3, 0.4) is 0 Å². The summed E-state index contributed by atoms with van der Waals surface area (Å²) in [6.45, 7) is 5.77. The second-order valence-corrected chi connectivity index (χ2v) is 5.54. The van der Waals surface area contributed by atoms with Crippen LogP contribution in [0.1, 0.15) is 32.4 Å². The van der Waals surface area contributed by atoms with E-state index in [0.717, 1.165) is 5.56 Å². The van der Waals surface area contributed by atoms with Gasteiger partial charge >= 0.3 is 0 Å². The third-order valence-corrected chi connectivity index (χ3v) is 3.45. The zero-order chi connectivity index (χ0) is 13.9. The molecule has 1 aromatic carbocycles. The molecular formula is C13H18BrFN2O. The molecule has 1 amide bonds. The van der Waals surface area contributed by atoms with Gasteiger partial charge in [-0.3, -0.25) is 10.1 Å². The van der Waals surface area contributed by atoms with Gasteiger partial charge in [-0.15, -0.1) is 0 Å². The molecule has 0 heterocycles. The minimum atomic E-state index is -0.399. The third-order valence-electron chi connectivity index (χ3n) is 2.85. The van der Waals surface area contributed by atoms with Crippen molar-refractivity contribution in [2.24, 2.45) is 11.7 Å². The summed E-state index contributed by atoms with van der Waals surface area (Å²) < 4.78 is 13.6. The molecule has 18 heavy (non-hydrogen) atoms. The van der Waals surface area contributed by atoms with Crippen LogP contribution in [-0.4, -0.2) is 11.9 Å². The number of hydrogen-bond acceptors (Lipinski definition) is 2. The lowest BCUT2D eigenvalue weighted by Gasteiger charge is -2.24. The SMILES string of the molecule is CC(NC(C(N)=O)C(C)C)c1ccc(F)c(Br)c1. The van der Waals surface area contributed by atoms with Gasteiger partial charge in [-0.1, -0.05) is 19.9 Å². The first-order valence-corrected chi connectivity index (χ1v) is 6.62. The van der Waals surface area contributed by atoms with E-state index in [1.165, 1.54) is 6.07 Å². The molecule has 1 rings (SSSR count). The molecule has 0 aliphatic heterocycles. The van der Waals surface area contributed by atoms with Crippen LogP contribution in [0.25, 0.3) is 0 Å². The van der Waals surface area contributed by atoms with Crippen molar-refractivity contribution in [3.8, 4) is 0 Å². The zero-order valence-corrected chi connectivity index (χ0v) is 12.3. The molecule has 0 saturated carbocycles. The molecule has 3 nitrogen and oxygen atoms in total. The summed E-state index contributed by atoms with van der Waals surface area (Å²) in [7, 11) is 0. The highest BCUT2D eigenvalue weighted by Crippen LogP contribution is 2.22. The summed E-state index contributed by atoms with van der Waals surface area (Å²) in [4.78, 5) is 11.3. The minimum Gasteiger partial charge on any atom is -0.368 e. The first-order chi connectivity index (χ1) is 8.32. The normalized spacial score (nSPS) is 14.6. The van der Waals surface area contributed by atoms with Crippen molar-refractivity contribution in [1.82, 2.24) is 5.32 Å². The van der Waals surface area contributed by atoms with E-state index >= 15 is 0 Å². The summed E-state index contributed by atoms with van der Waals surface area (Å²) in [5, 5.41) is 3.16. The van der Waals surface area contributed by atoms with E-state index in [1.54, 1.807) is 12.1 Å². The van der Waals surface area contributed by atoms with Crippen LogP contribution in [0, 0.1) is 11.7 Å². The maximum Gasteiger partial charge on any atom is 0.234 e. The molecule has 5 heteroatoms. The van der Waals surface area contributed by atoms with Crippen molar-refractivity contribution in [3.05, 3.63) is 34.1 Å². The Morgan fingerprint density at radius 2 is 2.00 bits per heavy atom. The molecule has 100 valence electrons. The smallest absolute Gasteiger partial charge is 0.234 e. The lowest BCUT2D eigenvalue weighted by Crippen LogP contribution is -2.45. The van der Waals surface area contributed by atoms with Crippen LogP contribution >= 0.6 is 15.9 Å². The zero-order valence-electron chi connectivity index (χ0n) is 10.7. The van der Waals surface area contributed by atoms with E-state index in [9.17, 15) is 9.18 Å². The van der Waals surface area contributed by atoms with E-state index in [4.69, 9.17) is 5.73 Å². The van der Waals surface area contributed by atoms with E-state index < -0.39 is 6.04 Å². The highest BCUT2D eigenvalue weighted by Gasteiger charge is 2.21. The Balaban J connectivity index is 2.83. The summed E-state index contributed by atoms with van der Waals surface area (Å²) in [6, 6.07) is 4.30. The topological polar surface area (TPSA) is 55.1 Å². The Bertz CT molecular complexity index is 437. The van der Waals surface area contributed by atoms with Crippen molar-refractivity contribution >= 4 is 21.8 Å². The Kier molecular flexibility index (Phi) is 5.28. The van der Waals surface area contributed by atoms with Gasteiger partial charge in [0.05, 0.1) is 10.5 Å². The van der Waals surface area contributed by atoms with Crippen molar-refractivity contribution < 1.29 is 9.18 Å². The number of primary amides is 1. The fourth-order valence-electron chi connectivity index (χ4n) is 1.75. The Labute approximate surface area is 115 Å². The molecule has 0 radical (unpaired) electrons. The van der Waals surface area contributed by atoms with E-state index in [2.05, 4.69) is 21.2 Å². The predicted molar refractivity (Wildman–Crippen MR) is 73.5 cm³/mol. The number of nitrogens with one attached hydrogen (secondary N) is 1. The third kappa shape index (κ3) is 3.78. The van der Waals surface area contributed by atoms with Crippen LogP contribution < -0.4 is 11.1 Å².